The molecule has 1 heterocycles. The van der Waals surface area contributed by atoms with E-state index in [0.29, 0.717) is 0 Å². The van der Waals surface area contributed by atoms with Crippen molar-refractivity contribution in [3.05, 3.63) is 73.9 Å². The molecule has 1 aliphatic rings. The summed E-state index contributed by atoms with van der Waals surface area (Å²) in [4.78, 5) is 5.05. The van der Waals surface area contributed by atoms with E-state index in [1.807, 2.05) is 24.3 Å². The Morgan fingerprint density at radius 3 is 1.41 bits per heavy atom. The smallest absolute Gasteiger partial charge is 0.0110 e. The molecular formula is C20H30N2. The Hall–Kier alpha value is -1.64. The lowest BCUT2D eigenvalue weighted by Crippen LogP contribution is -2.46. The van der Waals surface area contributed by atoms with Crippen LogP contribution in [0.15, 0.2) is 73.9 Å². The zero-order valence-corrected chi connectivity index (χ0v) is 13.8. The second-order valence-electron chi connectivity index (χ2n) is 5.69. The molecule has 0 aliphatic carbocycles. The summed E-state index contributed by atoms with van der Waals surface area (Å²) >= 11 is 0. The maximum absolute atomic E-state index is 4.07. The number of allylic oxidation sites excluding steroid dienone is 6. The Kier molecular flexibility index (Phi) is 9.20. The van der Waals surface area contributed by atoms with Crippen LogP contribution < -0.4 is 0 Å². The van der Waals surface area contributed by atoms with E-state index in [4.69, 9.17) is 0 Å². The van der Waals surface area contributed by atoms with Crippen LogP contribution in [0.1, 0.15) is 12.8 Å². The van der Waals surface area contributed by atoms with E-state index >= 15 is 0 Å². The molecular weight excluding hydrogens is 268 g/mol. The van der Waals surface area contributed by atoms with Crippen LogP contribution in [0.2, 0.25) is 0 Å². The highest BCUT2D eigenvalue weighted by molar-refractivity contribution is 5.19. The van der Waals surface area contributed by atoms with Gasteiger partial charge in [-0.1, -0.05) is 73.9 Å². The molecule has 0 N–H and O–H groups in total. The zero-order valence-electron chi connectivity index (χ0n) is 13.8. The second kappa shape index (κ2) is 11.0. The number of nitrogens with zero attached hydrogens (tertiary/aromatic N) is 2. The predicted octanol–water partition coefficient (Wildman–Crippen LogP) is 3.98. The maximum atomic E-state index is 4.07. The van der Waals surface area contributed by atoms with Gasteiger partial charge in [0.15, 0.2) is 0 Å². The predicted molar refractivity (Wildman–Crippen MR) is 99.1 cm³/mol. The first-order chi connectivity index (χ1) is 10.7. The van der Waals surface area contributed by atoms with Crippen molar-refractivity contribution in [3.8, 4) is 0 Å². The Morgan fingerprint density at radius 2 is 1.09 bits per heavy atom. The quantitative estimate of drug-likeness (QED) is 0.563. The van der Waals surface area contributed by atoms with E-state index < -0.39 is 0 Å². The molecule has 0 aromatic heterocycles. The van der Waals surface area contributed by atoms with Crippen molar-refractivity contribution in [1.82, 2.24) is 9.80 Å². The molecule has 0 saturated carbocycles. The molecule has 1 rings (SSSR count). The summed E-state index contributed by atoms with van der Waals surface area (Å²) in [5.41, 5.74) is 2.35. The minimum absolute atomic E-state index is 1.04. The molecule has 1 fully saturated rings. The van der Waals surface area contributed by atoms with Crippen LogP contribution in [-0.2, 0) is 0 Å². The van der Waals surface area contributed by atoms with E-state index in [1.54, 1.807) is 12.2 Å². The average molecular weight is 298 g/mol. The lowest BCUT2D eigenvalue weighted by molar-refractivity contribution is 0.135. The van der Waals surface area contributed by atoms with E-state index in [2.05, 4.69) is 36.1 Å². The van der Waals surface area contributed by atoms with Crippen molar-refractivity contribution < 1.29 is 0 Å². The Morgan fingerprint density at radius 1 is 0.727 bits per heavy atom. The van der Waals surface area contributed by atoms with Gasteiger partial charge in [0.2, 0.25) is 0 Å². The summed E-state index contributed by atoms with van der Waals surface area (Å²) in [7, 11) is 0. The van der Waals surface area contributed by atoms with E-state index in [0.717, 1.165) is 52.1 Å². The fraction of sp³-hybridized carbons (Fsp3) is 0.400. The third-order valence-electron chi connectivity index (χ3n) is 3.90. The van der Waals surface area contributed by atoms with Crippen molar-refractivity contribution in [2.24, 2.45) is 0 Å². The highest BCUT2D eigenvalue weighted by Gasteiger charge is 2.15. The fourth-order valence-electron chi connectivity index (χ4n) is 2.41. The normalized spacial score (nSPS) is 17.1. The van der Waals surface area contributed by atoms with Crippen LogP contribution in [-0.4, -0.2) is 49.1 Å². The SMILES string of the molecule is C=CC=CC(=C)CCN1CCN(CCC(=C)C=CC=C)CC1. The third-order valence-corrected chi connectivity index (χ3v) is 3.90. The molecule has 2 heteroatoms. The molecule has 2 nitrogen and oxygen atoms in total. The van der Waals surface area contributed by atoms with Gasteiger partial charge in [-0.3, -0.25) is 0 Å². The van der Waals surface area contributed by atoms with Crippen molar-refractivity contribution in [3.63, 3.8) is 0 Å². The van der Waals surface area contributed by atoms with Gasteiger partial charge >= 0.3 is 0 Å². The summed E-state index contributed by atoms with van der Waals surface area (Å²) in [6.45, 7) is 22.3. The minimum Gasteiger partial charge on any atom is -0.300 e. The standard InChI is InChI=1S/C20H30N2/c1-5-7-9-19(3)11-13-21-15-17-22(18-16-21)14-12-20(4)10-8-6-2/h5-10H,1-4,11-18H2. The van der Waals surface area contributed by atoms with Crippen LogP contribution in [0, 0.1) is 0 Å². The van der Waals surface area contributed by atoms with Crippen LogP contribution in [0.3, 0.4) is 0 Å². The first-order valence-corrected chi connectivity index (χ1v) is 8.04. The number of hydrogen-bond donors (Lipinski definition) is 0. The molecule has 22 heavy (non-hydrogen) atoms. The molecule has 0 aromatic rings. The van der Waals surface area contributed by atoms with Gasteiger partial charge in [0.25, 0.3) is 0 Å². The Balaban J connectivity index is 2.18. The van der Waals surface area contributed by atoms with Gasteiger partial charge in [-0.25, -0.2) is 0 Å². The summed E-state index contributed by atoms with van der Waals surface area (Å²) in [6.07, 6.45) is 13.7. The van der Waals surface area contributed by atoms with Gasteiger partial charge in [-0.05, 0) is 12.8 Å². The summed E-state index contributed by atoms with van der Waals surface area (Å²) in [5, 5.41) is 0. The van der Waals surface area contributed by atoms with Gasteiger partial charge in [0.1, 0.15) is 0 Å². The van der Waals surface area contributed by atoms with Gasteiger partial charge in [-0.15, -0.1) is 0 Å². The van der Waals surface area contributed by atoms with Crippen molar-refractivity contribution in [1.29, 1.82) is 0 Å². The first-order valence-electron chi connectivity index (χ1n) is 8.04. The molecule has 0 unspecified atom stereocenters. The highest BCUT2D eigenvalue weighted by atomic mass is 15.3. The second-order valence-corrected chi connectivity index (χ2v) is 5.69. The first kappa shape index (κ1) is 18.4. The van der Waals surface area contributed by atoms with Crippen LogP contribution in [0.4, 0.5) is 0 Å². The summed E-state index contributed by atoms with van der Waals surface area (Å²) < 4.78 is 0. The van der Waals surface area contributed by atoms with Gasteiger partial charge < -0.3 is 9.80 Å². The Labute approximate surface area is 136 Å². The molecule has 1 saturated heterocycles. The van der Waals surface area contributed by atoms with Crippen LogP contribution in [0.25, 0.3) is 0 Å². The Bertz CT molecular complexity index is 393. The molecule has 1 aliphatic heterocycles. The fourth-order valence-corrected chi connectivity index (χ4v) is 2.41. The van der Waals surface area contributed by atoms with Crippen LogP contribution in [0.5, 0.6) is 0 Å². The van der Waals surface area contributed by atoms with E-state index in [9.17, 15) is 0 Å². The zero-order chi connectivity index (χ0) is 16.2. The number of rotatable bonds is 10. The minimum atomic E-state index is 1.04. The van der Waals surface area contributed by atoms with E-state index in [-0.39, 0.29) is 0 Å². The monoisotopic (exact) mass is 298 g/mol. The lowest BCUT2D eigenvalue weighted by Gasteiger charge is -2.34. The molecule has 0 amide bonds. The topological polar surface area (TPSA) is 6.48 Å². The molecule has 0 bridgehead atoms. The molecule has 0 radical (unpaired) electrons. The maximum Gasteiger partial charge on any atom is 0.0110 e. The molecule has 0 spiro atoms. The van der Waals surface area contributed by atoms with Crippen molar-refractivity contribution >= 4 is 0 Å². The van der Waals surface area contributed by atoms with Gasteiger partial charge in [0, 0.05) is 39.3 Å². The number of piperazine rings is 1. The highest BCUT2D eigenvalue weighted by Crippen LogP contribution is 2.09. The van der Waals surface area contributed by atoms with Gasteiger partial charge in [0.05, 0.1) is 0 Å². The largest absolute Gasteiger partial charge is 0.300 e. The molecule has 0 atom stereocenters. The third kappa shape index (κ3) is 7.96. The summed E-state index contributed by atoms with van der Waals surface area (Å²) in [5.74, 6) is 0. The van der Waals surface area contributed by atoms with Crippen molar-refractivity contribution in [2.75, 3.05) is 39.3 Å². The van der Waals surface area contributed by atoms with Crippen LogP contribution >= 0.6 is 0 Å². The lowest BCUT2D eigenvalue weighted by atomic mass is 10.1. The molecule has 120 valence electrons. The van der Waals surface area contributed by atoms with Gasteiger partial charge in [-0.2, -0.15) is 0 Å². The average Bonchev–Trinajstić information content (AvgIpc) is 2.55. The number of hydrogen-bond acceptors (Lipinski definition) is 2. The summed E-state index contributed by atoms with van der Waals surface area (Å²) in [6, 6.07) is 0. The van der Waals surface area contributed by atoms with Crippen molar-refractivity contribution in [2.45, 2.75) is 12.8 Å². The van der Waals surface area contributed by atoms with E-state index in [1.165, 1.54) is 11.1 Å². The molecule has 0 aromatic carbocycles.